The zero-order valence-corrected chi connectivity index (χ0v) is 10.3. The molecule has 0 aliphatic carbocycles. The second-order valence-electron chi connectivity index (χ2n) is 4.66. The molecule has 0 spiro atoms. The maximum absolute atomic E-state index is 12.2. The van der Waals surface area contributed by atoms with Crippen molar-refractivity contribution < 1.29 is 4.79 Å². The first-order valence-electron chi connectivity index (χ1n) is 6.58. The number of amides is 1. The summed E-state index contributed by atoms with van der Waals surface area (Å²) in [6, 6.07) is 0. The molecule has 0 N–H and O–H groups in total. The smallest absolute Gasteiger partial charge is 0.225 e. The Morgan fingerprint density at radius 2 is 1.60 bits per heavy atom. The molecule has 15 heavy (non-hydrogen) atoms. The number of rotatable bonds is 5. The van der Waals surface area contributed by atoms with E-state index in [0.717, 1.165) is 38.8 Å². The van der Waals surface area contributed by atoms with Crippen LogP contribution in [0.1, 0.15) is 58.8 Å². The summed E-state index contributed by atoms with van der Waals surface area (Å²) >= 11 is 0. The summed E-state index contributed by atoms with van der Waals surface area (Å²) < 4.78 is 0. The third-order valence-corrected chi connectivity index (χ3v) is 3.29. The zero-order chi connectivity index (χ0) is 11.1. The number of carbonyl (C=O) groups excluding carboxylic acids is 1. The molecule has 0 saturated carbocycles. The van der Waals surface area contributed by atoms with E-state index in [4.69, 9.17) is 0 Å². The number of hydrogen-bond donors (Lipinski definition) is 0. The minimum atomic E-state index is 0.304. The summed E-state index contributed by atoms with van der Waals surface area (Å²) in [6.07, 6.45) is 8.12. The summed E-state index contributed by atoms with van der Waals surface area (Å²) in [4.78, 5) is 14.3. The third-order valence-electron chi connectivity index (χ3n) is 3.29. The topological polar surface area (TPSA) is 20.3 Å². The molecule has 0 aromatic heterocycles. The van der Waals surface area contributed by atoms with Gasteiger partial charge in [0.2, 0.25) is 5.91 Å². The number of piperidine rings is 1. The Labute approximate surface area is 94.0 Å². The van der Waals surface area contributed by atoms with E-state index in [1.54, 1.807) is 0 Å². The maximum Gasteiger partial charge on any atom is 0.225 e. The van der Waals surface area contributed by atoms with Gasteiger partial charge in [0.15, 0.2) is 0 Å². The normalized spacial score (nSPS) is 17.1. The Hall–Kier alpha value is -0.530. The molecule has 0 radical (unpaired) electrons. The zero-order valence-electron chi connectivity index (χ0n) is 10.3. The van der Waals surface area contributed by atoms with Crippen molar-refractivity contribution in [2.75, 3.05) is 13.1 Å². The molecule has 0 unspecified atom stereocenters. The Morgan fingerprint density at radius 1 is 1.07 bits per heavy atom. The highest BCUT2D eigenvalue weighted by Gasteiger charge is 2.23. The number of hydrogen-bond acceptors (Lipinski definition) is 1. The van der Waals surface area contributed by atoms with Crippen LogP contribution in [0, 0.1) is 5.92 Å². The van der Waals surface area contributed by atoms with Gasteiger partial charge in [-0.05, 0) is 32.1 Å². The van der Waals surface area contributed by atoms with Crippen molar-refractivity contribution in [1.29, 1.82) is 0 Å². The van der Waals surface area contributed by atoms with E-state index in [0.29, 0.717) is 11.8 Å². The first-order chi connectivity index (χ1) is 7.29. The molecule has 2 nitrogen and oxygen atoms in total. The van der Waals surface area contributed by atoms with Crippen LogP contribution in [-0.2, 0) is 4.79 Å². The predicted octanol–water partition coefficient (Wildman–Crippen LogP) is 3.22. The van der Waals surface area contributed by atoms with Crippen LogP contribution in [0.5, 0.6) is 0 Å². The number of likely N-dealkylation sites (tertiary alicyclic amines) is 1. The van der Waals surface area contributed by atoms with E-state index in [1.807, 2.05) is 0 Å². The van der Waals surface area contributed by atoms with Crippen molar-refractivity contribution in [3.8, 4) is 0 Å². The molecule has 0 aromatic rings. The quantitative estimate of drug-likeness (QED) is 0.683. The van der Waals surface area contributed by atoms with Gasteiger partial charge in [0.25, 0.3) is 0 Å². The molecule has 1 fully saturated rings. The Morgan fingerprint density at radius 3 is 2.07 bits per heavy atom. The van der Waals surface area contributed by atoms with Gasteiger partial charge in [-0.3, -0.25) is 4.79 Å². The van der Waals surface area contributed by atoms with E-state index in [9.17, 15) is 4.79 Å². The minimum Gasteiger partial charge on any atom is -0.342 e. The summed E-state index contributed by atoms with van der Waals surface area (Å²) in [6.45, 7) is 6.35. The summed E-state index contributed by atoms with van der Waals surface area (Å²) in [5, 5.41) is 0. The summed E-state index contributed by atoms with van der Waals surface area (Å²) in [5.74, 6) is 0.733. The van der Waals surface area contributed by atoms with E-state index < -0.39 is 0 Å². The van der Waals surface area contributed by atoms with Crippen LogP contribution in [0.3, 0.4) is 0 Å². The molecular formula is C13H25NO. The summed E-state index contributed by atoms with van der Waals surface area (Å²) in [5.41, 5.74) is 0. The van der Waals surface area contributed by atoms with E-state index in [-0.39, 0.29) is 0 Å². The monoisotopic (exact) mass is 211 g/mol. The third kappa shape index (κ3) is 3.84. The lowest BCUT2D eigenvalue weighted by atomic mass is 9.95. The largest absolute Gasteiger partial charge is 0.342 e. The lowest BCUT2D eigenvalue weighted by Crippen LogP contribution is -2.39. The molecular weight excluding hydrogens is 186 g/mol. The Kier molecular flexibility index (Phi) is 5.74. The van der Waals surface area contributed by atoms with E-state index in [1.165, 1.54) is 19.3 Å². The van der Waals surface area contributed by atoms with Gasteiger partial charge in [-0.15, -0.1) is 0 Å². The van der Waals surface area contributed by atoms with Gasteiger partial charge >= 0.3 is 0 Å². The predicted molar refractivity (Wildman–Crippen MR) is 63.7 cm³/mol. The maximum atomic E-state index is 12.2. The number of carbonyl (C=O) groups is 1. The van der Waals surface area contributed by atoms with Crippen molar-refractivity contribution in [3.05, 3.63) is 0 Å². The molecule has 1 rings (SSSR count). The first kappa shape index (κ1) is 12.5. The van der Waals surface area contributed by atoms with Gasteiger partial charge in [0.05, 0.1) is 0 Å². The van der Waals surface area contributed by atoms with Crippen molar-refractivity contribution in [3.63, 3.8) is 0 Å². The van der Waals surface area contributed by atoms with Crippen molar-refractivity contribution in [2.45, 2.75) is 58.8 Å². The Bertz CT molecular complexity index is 179. The van der Waals surface area contributed by atoms with Crippen molar-refractivity contribution in [2.24, 2.45) is 5.92 Å². The molecule has 1 aliphatic heterocycles. The molecule has 0 atom stereocenters. The molecule has 1 heterocycles. The molecule has 1 amide bonds. The fraction of sp³-hybridized carbons (Fsp3) is 0.923. The van der Waals surface area contributed by atoms with Crippen molar-refractivity contribution >= 4 is 5.91 Å². The number of nitrogens with zero attached hydrogens (tertiary/aromatic N) is 1. The van der Waals surface area contributed by atoms with Gasteiger partial charge in [0.1, 0.15) is 0 Å². The standard InChI is InChI=1S/C13H25NO/c1-3-8-12(9-4-2)13(15)14-10-6-5-7-11-14/h12H,3-11H2,1-2H3. The highest BCUT2D eigenvalue weighted by Crippen LogP contribution is 2.19. The Balaban J connectivity index is 2.45. The van der Waals surface area contributed by atoms with Crippen molar-refractivity contribution in [1.82, 2.24) is 4.90 Å². The van der Waals surface area contributed by atoms with Gasteiger partial charge < -0.3 is 4.90 Å². The lowest BCUT2D eigenvalue weighted by Gasteiger charge is -2.30. The first-order valence-corrected chi connectivity index (χ1v) is 6.58. The van der Waals surface area contributed by atoms with E-state index in [2.05, 4.69) is 18.7 Å². The second-order valence-corrected chi connectivity index (χ2v) is 4.66. The van der Waals surface area contributed by atoms with Crippen LogP contribution in [0.15, 0.2) is 0 Å². The minimum absolute atomic E-state index is 0.304. The van der Waals surface area contributed by atoms with Crippen LogP contribution < -0.4 is 0 Å². The average Bonchev–Trinajstić information content (AvgIpc) is 2.29. The SMILES string of the molecule is CCCC(CCC)C(=O)N1CCCCC1. The molecule has 88 valence electrons. The van der Waals surface area contributed by atoms with Crippen LogP contribution >= 0.6 is 0 Å². The van der Waals surface area contributed by atoms with Crippen LogP contribution in [0.4, 0.5) is 0 Å². The van der Waals surface area contributed by atoms with Gasteiger partial charge in [-0.2, -0.15) is 0 Å². The second kappa shape index (κ2) is 6.86. The molecule has 0 bridgehead atoms. The molecule has 1 saturated heterocycles. The van der Waals surface area contributed by atoms with E-state index >= 15 is 0 Å². The van der Waals surface area contributed by atoms with Crippen LogP contribution in [0.25, 0.3) is 0 Å². The molecule has 2 heteroatoms. The fourth-order valence-electron chi connectivity index (χ4n) is 2.46. The van der Waals surface area contributed by atoms with Crippen LogP contribution in [0.2, 0.25) is 0 Å². The summed E-state index contributed by atoms with van der Waals surface area (Å²) in [7, 11) is 0. The molecule has 0 aromatic carbocycles. The van der Waals surface area contributed by atoms with Gasteiger partial charge in [-0.25, -0.2) is 0 Å². The lowest BCUT2D eigenvalue weighted by molar-refractivity contribution is -0.137. The highest BCUT2D eigenvalue weighted by atomic mass is 16.2. The highest BCUT2D eigenvalue weighted by molar-refractivity contribution is 5.78. The van der Waals surface area contributed by atoms with Gasteiger partial charge in [0, 0.05) is 19.0 Å². The van der Waals surface area contributed by atoms with Gasteiger partial charge in [-0.1, -0.05) is 26.7 Å². The fourth-order valence-corrected chi connectivity index (χ4v) is 2.46. The average molecular weight is 211 g/mol. The van der Waals surface area contributed by atoms with Crippen LogP contribution in [-0.4, -0.2) is 23.9 Å². The molecule has 1 aliphatic rings.